The Morgan fingerprint density at radius 2 is 1.79 bits per heavy atom. The molecule has 0 unspecified atom stereocenters. The molecule has 1 atom stereocenters. The molecule has 2 aromatic rings. The van der Waals surface area contributed by atoms with E-state index in [4.69, 9.17) is 4.74 Å². The molecule has 12 heteroatoms. The van der Waals surface area contributed by atoms with Gasteiger partial charge in [-0.15, -0.1) is 11.3 Å². The molecule has 188 valence electrons. The number of sulfonamides is 2. The van der Waals surface area contributed by atoms with Gasteiger partial charge in [0, 0.05) is 31.9 Å². The van der Waals surface area contributed by atoms with Gasteiger partial charge in [0.25, 0.3) is 10.0 Å². The van der Waals surface area contributed by atoms with Crippen LogP contribution in [0.3, 0.4) is 0 Å². The summed E-state index contributed by atoms with van der Waals surface area (Å²) in [5.74, 6) is 0. The number of benzene rings is 1. The maximum absolute atomic E-state index is 13.2. The van der Waals surface area contributed by atoms with Crippen molar-refractivity contribution in [1.29, 1.82) is 0 Å². The zero-order valence-electron chi connectivity index (χ0n) is 19.5. The first-order chi connectivity index (χ1) is 15.9. The van der Waals surface area contributed by atoms with E-state index in [0.29, 0.717) is 19.8 Å². The monoisotopic (exact) mass is 529 g/mol. The van der Waals surface area contributed by atoms with E-state index in [0.717, 1.165) is 11.3 Å². The minimum atomic E-state index is -3.67. The minimum absolute atomic E-state index is 0.149. The molecular formula is C22H31N3O6S3. The number of nitrogens with zero attached hydrogens (tertiary/aromatic N) is 3. The number of ether oxygens (including phenoxy) is 1. The van der Waals surface area contributed by atoms with E-state index < -0.39 is 31.7 Å². The predicted octanol–water partition coefficient (Wildman–Crippen LogP) is 1.52. The number of hydrogen-bond donors (Lipinski definition) is 1. The van der Waals surface area contributed by atoms with Crippen LogP contribution < -0.4 is 4.90 Å². The van der Waals surface area contributed by atoms with Crippen molar-refractivity contribution in [2.45, 2.75) is 35.7 Å². The fourth-order valence-corrected chi connectivity index (χ4v) is 8.01. The largest absolute Gasteiger partial charge is 0.386 e. The van der Waals surface area contributed by atoms with E-state index in [-0.39, 0.29) is 29.9 Å². The summed E-state index contributed by atoms with van der Waals surface area (Å²) in [4.78, 5) is 2.06. The van der Waals surface area contributed by atoms with Crippen LogP contribution in [0, 0.1) is 0 Å². The Morgan fingerprint density at radius 1 is 1.12 bits per heavy atom. The fourth-order valence-electron chi connectivity index (χ4n) is 4.29. The maximum atomic E-state index is 13.2. The lowest BCUT2D eigenvalue weighted by atomic mass is 9.98. The Morgan fingerprint density at radius 3 is 2.29 bits per heavy atom. The third kappa shape index (κ3) is 5.32. The molecule has 0 aliphatic carbocycles. The Labute approximate surface area is 205 Å². The Balaban J connectivity index is 1.65. The molecule has 34 heavy (non-hydrogen) atoms. The van der Waals surface area contributed by atoms with Crippen molar-refractivity contribution in [1.82, 2.24) is 8.61 Å². The molecule has 1 aromatic heterocycles. The second-order valence-electron chi connectivity index (χ2n) is 9.27. The normalized spacial score (nSPS) is 21.1. The van der Waals surface area contributed by atoms with Gasteiger partial charge < -0.3 is 14.7 Å². The number of hydrogen-bond acceptors (Lipinski definition) is 8. The summed E-state index contributed by atoms with van der Waals surface area (Å²) >= 11 is 1.17. The van der Waals surface area contributed by atoms with Gasteiger partial charge in [-0.05, 0) is 43.0 Å². The number of piperazine rings is 1. The Hall–Kier alpha value is -1.54. The molecule has 0 amide bonds. The number of aliphatic hydroxyl groups is 1. The third-order valence-electron chi connectivity index (χ3n) is 6.28. The van der Waals surface area contributed by atoms with Gasteiger partial charge in [-0.2, -0.15) is 8.61 Å². The first-order valence-electron chi connectivity index (χ1n) is 11.0. The standard InChI is InChI=1S/C22H31N3O6S3/c1-22(2,26)17-6-8-18(9-7-17)24-11-10-23(34(29,30)21-5-4-12-32-21)13-19(24)14-25(33(3,27)28)20-15-31-16-20/h4-9,12,19-20,26H,10-11,13-16H2,1-3H3/t19-/m1/s1. The summed E-state index contributed by atoms with van der Waals surface area (Å²) in [5, 5.41) is 12.0. The predicted molar refractivity (Wildman–Crippen MR) is 132 cm³/mol. The van der Waals surface area contributed by atoms with Crippen molar-refractivity contribution in [2.75, 3.05) is 50.5 Å². The molecule has 2 fully saturated rings. The van der Waals surface area contributed by atoms with Gasteiger partial charge >= 0.3 is 0 Å². The van der Waals surface area contributed by atoms with Crippen molar-refractivity contribution in [3.63, 3.8) is 0 Å². The van der Waals surface area contributed by atoms with Crippen LogP contribution in [0.25, 0.3) is 0 Å². The average Bonchev–Trinajstić information content (AvgIpc) is 3.26. The highest BCUT2D eigenvalue weighted by atomic mass is 32.2. The first kappa shape index (κ1) is 25.5. The van der Waals surface area contributed by atoms with Gasteiger partial charge in [-0.3, -0.25) is 0 Å². The number of thiophene rings is 1. The van der Waals surface area contributed by atoms with Gasteiger partial charge in [-0.25, -0.2) is 16.8 Å². The summed E-state index contributed by atoms with van der Waals surface area (Å²) in [7, 11) is -7.19. The molecule has 0 saturated carbocycles. The van der Waals surface area contributed by atoms with Crippen molar-refractivity contribution in [3.05, 3.63) is 47.3 Å². The molecule has 0 radical (unpaired) electrons. The number of anilines is 1. The van der Waals surface area contributed by atoms with E-state index in [2.05, 4.69) is 4.90 Å². The van der Waals surface area contributed by atoms with Crippen LogP contribution >= 0.6 is 11.3 Å². The van der Waals surface area contributed by atoms with Crippen LogP contribution in [0.1, 0.15) is 19.4 Å². The first-order valence-corrected chi connectivity index (χ1v) is 15.2. The van der Waals surface area contributed by atoms with Crippen LogP contribution in [0.5, 0.6) is 0 Å². The van der Waals surface area contributed by atoms with Gasteiger partial charge in [-0.1, -0.05) is 18.2 Å². The van der Waals surface area contributed by atoms with Crippen LogP contribution in [0.15, 0.2) is 46.0 Å². The summed E-state index contributed by atoms with van der Waals surface area (Å²) < 4.78 is 60.0. The van der Waals surface area contributed by atoms with Gasteiger partial charge in [0.05, 0.1) is 37.2 Å². The molecule has 2 aliphatic heterocycles. The molecule has 1 N–H and O–H groups in total. The summed E-state index contributed by atoms with van der Waals surface area (Å²) in [6, 6.07) is 10.1. The number of rotatable bonds is 8. The van der Waals surface area contributed by atoms with Gasteiger partial charge in [0.2, 0.25) is 10.0 Å². The van der Waals surface area contributed by atoms with Crippen molar-refractivity contribution in [2.24, 2.45) is 0 Å². The SMILES string of the molecule is CC(C)(O)c1ccc(N2CCN(S(=O)(=O)c3cccs3)C[C@@H]2CN(C2COC2)S(C)(=O)=O)cc1. The van der Waals surface area contributed by atoms with E-state index in [9.17, 15) is 21.9 Å². The van der Waals surface area contributed by atoms with Gasteiger partial charge in [0.1, 0.15) is 4.21 Å². The van der Waals surface area contributed by atoms with E-state index in [1.54, 1.807) is 31.4 Å². The minimum Gasteiger partial charge on any atom is -0.386 e. The average molecular weight is 530 g/mol. The fraction of sp³-hybridized carbons (Fsp3) is 0.545. The molecular weight excluding hydrogens is 498 g/mol. The molecule has 9 nitrogen and oxygen atoms in total. The van der Waals surface area contributed by atoms with Crippen LogP contribution in [-0.4, -0.2) is 88.3 Å². The summed E-state index contributed by atoms with van der Waals surface area (Å²) in [6.07, 6.45) is 1.18. The topological polar surface area (TPSA) is 107 Å². The zero-order chi connectivity index (χ0) is 24.7. The highest BCUT2D eigenvalue weighted by Gasteiger charge is 2.40. The second-order valence-corrected chi connectivity index (χ2v) is 14.3. The van der Waals surface area contributed by atoms with E-state index in [1.165, 1.54) is 26.2 Å². The lowest BCUT2D eigenvalue weighted by molar-refractivity contribution is -0.0382. The van der Waals surface area contributed by atoms with Crippen LogP contribution in [0.4, 0.5) is 5.69 Å². The van der Waals surface area contributed by atoms with E-state index >= 15 is 0 Å². The quantitative estimate of drug-likeness (QED) is 0.552. The molecule has 2 saturated heterocycles. The van der Waals surface area contributed by atoms with Crippen LogP contribution in [0.2, 0.25) is 0 Å². The third-order valence-corrected chi connectivity index (χ3v) is 10.8. The lowest BCUT2D eigenvalue weighted by Gasteiger charge is -2.45. The Kier molecular flexibility index (Phi) is 7.13. The molecule has 3 heterocycles. The van der Waals surface area contributed by atoms with E-state index in [1.807, 2.05) is 24.3 Å². The highest BCUT2D eigenvalue weighted by molar-refractivity contribution is 7.91. The van der Waals surface area contributed by atoms with Crippen molar-refractivity contribution < 1.29 is 26.7 Å². The molecule has 0 bridgehead atoms. The molecule has 2 aliphatic rings. The van der Waals surface area contributed by atoms with Crippen molar-refractivity contribution in [3.8, 4) is 0 Å². The summed E-state index contributed by atoms with van der Waals surface area (Å²) in [5.41, 5.74) is 0.628. The Bertz CT molecular complexity index is 1190. The maximum Gasteiger partial charge on any atom is 0.252 e. The smallest absolute Gasteiger partial charge is 0.252 e. The van der Waals surface area contributed by atoms with Gasteiger partial charge in [0.15, 0.2) is 0 Å². The summed E-state index contributed by atoms with van der Waals surface area (Å²) in [6.45, 7) is 5.09. The molecule has 0 spiro atoms. The highest BCUT2D eigenvalue weighted by Crippen LogP contribution is 2.30. The lowest BCUT2D eigenvalue weighted by Crippen LogP contribution is -2.61. The van der Waals surface area contributed by atoms with Crippen molar-refractivity contribution >= 4 is 37.1 Å². The van der Waals surface area contributed by atoms with Crippen LogP contribution in [-0.2, 0) is 30.4 Å². The molecule has 1 aromatic carbocycles. The molecule has 4 rings (SSSR count). The zero-order valence-corrected chi connectivity index (χ0v) is 21.9. The second kappa shape index (κ2) is 9.49.